The molecule has 6 nitrogen and oxygen atoms in total. The van der Waals surface area contributed by atoms with Crippen LogP contribution in [-0.4, -0.2) is 30.1 Å². The zero-order chi connectivity index (χ0) is 16.3. The number of amides is 1. The number of aryl methyl sites for hydroxylation is 1. The third kappa shape index (κ3) is 3.77. The molecule has 21 heavy (non-hydrogen) atoms. The standard InChI is InChI=1S/C13H22ClN3O3S/c1-5-9-11(21(14,19)20)10(17-16-9)12(18)15-13(6-2,7-3)8-4/h5-8H2,1-4H3,(H,15,18)(H,16,17). The molecule has 0 radical (unpaired) electrons. The number of carbonyl (C=O) groups is 1. The van der Waals surface area contributed by atoms with Crippen molar-refractivity contribution in [3.63, 3.8) is 0 Å². The third-order valence-corrected chi connectivity index (χ3v) is 5.40. The van der Waals surface area contributed by atoms with E-state index in [4.69, 9.17) is 10.7 Å². The second-order valence-electron chi connectivity index (χ2n) is 4.97. The van der Waals surface area contributed by atoms with Gasteiger partial charge in [0, 0.05) is 16.2 Å². The quantitative estimate of drug-likeness (QED) is 0.749. The highest BCUT2D eigenvalue weighted by molar-refractivity contribution is 8.13. The van der Waals surface area contributed by atoms with Crippen molar-refractivity contribution in [2.75, 3.05) is 0 Å². The minimum absolute atomic E-state index is 0.165. The van der Waals surface area contributed by atoms with Crippen molar-refractivity contribution >= 4 is 25.6 Å². The lowest BCUT2D eigenvalue weighted by atomic mass is 9.89. The lowest BCUT2D eigenvalue weighted by molar-refractivity contribution is 0.0879. The molecule has 1 amide bonds. The highest BCUT2D eigenvalue weighted by Gasteiger charge is 2.32. The number of hydrogen-bond acceptors (Lipinski definition) is 4. The van der Waals surface area contributed by atoms with E-state index in [0.717, 1.165) is 19.3 Å². The molecule has 0 saturated carbocycles. The average Bonchev–Trinajstić information content (AvgIpc) is 2.89. The lowest BCUT2D eigenvalue weighted by Crippen LogP contribution is -2.47. The molecule has 2 N–H and O–H groups in total. The Balaban J connectivity index is 3.24. The molecule has 0 spiro atoms. The highest BCUT2D eigenvalue weighted by Crippen LogP contribution is 2.25. The van der Waals surface area contributed by atoms with Crippen LogP contribution in [0.4, 0.5) is 0 Å². The molecule has 0 saturated heterocycles. The van der Waals surface area contributed by atoms with Crippen molar-refractivity contribution in [3.8, 4) is 0 Å². The monoisotopic (exact) mass is 335 g/mol. The van der Waals surface area contributed by atoms with E-state index in [2.05, 4.69) is 15.5 Å². The zero-order valence-electron chi connectivity index (χ0n) is 12.8. The molecule has 0 atom stereocenters. The van der Waals surface area contributed by atoms with Crippen LogP contribution in [0.3, 0.4) is 0 Å². The largest absolute Gasteiger partial charge is 0.345 e. The SMILES string of the molecule is CCc1[nH]nc(C(=O)NC(CC)(CC)CC)c1S(=O)(=O)Cl. The van der Waals surface area contributed by atoms with E-state index >= 15 is 0 Å². The van der Waals surface area contributed by atoms with Crippen molar-refractivity contribution in [1.29, 1.82) is 0 Å². The number of rotatable bonds is 7. The Labute approximate surface area is 130 Å². The van der Waals surface area contributed by atoms with E-state index in [9.17, 15) is 13.2 Å². The maximum atomic E-state index is 12.4. The van der Waals surface area contributed by atoms with E-state index in [1.807, 2.05) is 20.8 Å². The molecule has 1 rings (SSSR count). The van der Waals surface area contributed by atoms with Gasteiger partial charge in [0.1, 0.15) is 4.90 Å². The lowest BCUT2D eigenvalue weighted by Gasteiger charge is -2.31. The van der Waals surface area contributed by atoms with Gasteiger partial charge >= 0.3 is 0 Å². The number of nitrogens with zero attached hydrogens (tertiary/aromatic N) is 1. The van der Waals surface area contributed by atoms with Gasteiger partial charge in [-0.25, -0.2) is 8.42 Å². The molecule has 0 fully saturated rings. The van der Waals surface area contributed by atoms with E-state index in [0.29, 0.717) is 12.1 Å². The van der Waals surface area contributed by atoms with Crippen LogP contribution in [-0.2, 0) is 15.5 Å². The summed E-state index contributed by atoms with van der Waals surface area (Å²) in [5, 5.41) is 9.32. The van der Waals surface area contributed by atoms with Crippen LogP contribution in [0.15, 0.2) is 4.90 Å². The molecule has 1 heterocycles. The fraction of sp³-hybridized carbons (Fsp3) is 0.692. The highest BCUT2D eigenvalue weighted by atomic mass is 35.7. The summed E-state index contributed by atoms with van der Waals surface area (Å²) in [7, 11) is 1.40. The summed E-state index contributed by atoms with van der Waals surface area (Å²) in [5.74, 6) is -0.518. The van der Waals surface area contributed by atoms with Gasteiger partial charge < -0.3 is 5.32 Å². The molecule has 0 aliphatic carbocycles. The summed E-state index contributed by atoms with van der Waals surface area (Å²) in [6, 6.07) is 0. The molecular weight excluding hydrogens is 314 g/mol. The summed E-state index contributed by atoms with van der Waals surface area (Å²) < 4.78 is 23.4. The first-order valence-electron chi connectivity index (χ1n) is 7.09. The summed E-state index contributed by atoms with van der Waals surface area (Å²) in [5.41, 5.74) is -0.192. The Bertz CT molecular complexity index is 598. The second-order valence-corrected chi connectivity index (χ2v) is 7.47. The Morgan fingerprint density at radius 2 is 1.76 bits per heavy atom. The molecule has 0 bridgehead atoms. The van der Waals surface area contributed by atoms with Crippen LogP contribution in [0.25, 0.3) is 0 Å². The number of H-pyrrole nitrogens is 1. The molecule has 0 aliphatic heterocycles. The van der Waals surface area contributed by atoms with Crippen molar-refractivity contribution in [3.05, 3.63) is 11.4 Å². The Morgan fingerprint density at radius 1 is 1.24 bits per heavy atom. The van der Waals surface area contributed by atoms with Crippen LogP contribution in [0.5, 0.6) is 0 Å². The second kappa shape index (κ2) is 6.79. The maximum absolute atomic E-state index is 12.4. The van der Waals surface area contributed by atoms with Crippen LogP contribution < -0.4 is 5.32 Å². The molecule has 0 aliphatic rings. The van der Waals surface area contributed by atoms with Gasteiger partial charge in [-0.1, -0.05) is 27.7 Å². The fourth-order valence-electron chi connectivity index (χ4n) is 2.34. The number of halogens is 1. The molecule has 1 aromatic heterocycles. The van der Waals surface area contributed by atoms with E-state index in [1.54, 1.807) is 6.92 Å². The topological polar surface area (TPSA) is 91.9 Å². The molecule has 0 aromatic carbocycles. The van der Waals surface area contributed by atoms with Gasteiger partial charge in [0.05, 0.1) is 5.69 Å². The number of hydrogen-bond donors (Lipinski definition) is 2. The first-order chi connectivity index (χ1) is 9.74. The van der Waals surface area contributed by atoms with Crippen LogP contribution >= 0.6 is 10.7 Å². The fourth-order valence-corrected chi connectivity index (χ4v) is 3.69. The van der Waals surface area contributed by atoms with Crippen LogP contribution in [0, 0.1) is 0 Å². The Hall–Kier alpha value is -1.08. The third-order valence-electron chi connectivity index (χ3n) is 4.01. The smallest absolute Gasteiger partial charge is 0.273 e. The van der Waals surface area contributed by atoms with Gasteiger partial charge in [0.15, 0.2) is 5.69 Å². The van der Waals surface area contributed by atoms with Crippen molar-refractivity contribution in [2.45, 2.75) is 63.8 Å². The van der Waals surface area contributed by atoms with Gasteiger partial charge in [-0.05, 0) is 25.7 Å². The summed E-state index contributed by atoms with van der Waals surface area (Å²) in [4.78, 5) is 12.2. The summed E-state index contributed by atoms with van der Waals surface area (Å²) in [6.07, 6.45) is 2.64. The predicted molar refractivity (Wildman–Crippen MR) is 82.1 cm³/mol. The van der Waals surface area contributed by atoms with Crippen LogP contribution in [0.1, 0.15) is 63.1 Å². The number of aromatic amines is 1. The molecule has 0 unspecified atom stereocenters. The van der Waals surface area contributed by atoms with Crippen molar-refractivity contribution < 1.29 is 13.2 Å². The van der Waals surface area contributed by atoms with Crippen LogP contribution in [0.2, 0.25) is 0 Å². The van der Waals surface area contributed by atoms with Gasteiger partial charge in [0.25, 0.3) is 15.0 Å². The Kier molecular flexibility index (Phi) is 5.81. The molecular formula is C13H22ClN3O3S. The minimum Gasteiger partial charge on any atom is -0.345 e. The van der Waals surface area contributed by atoms with Crippen molar-refractivity contribution in [2.24, 2.45) is 0 Å². The maximum Gasteiger partial charge on any atom is 0.273 e. The van der Waals surface area contributed by atoms with E-state index in [-0.39, 0.29) is 16.1 Å². The van der Waals surface area contributed by atoms with E-state index in [1.165, 1.54) is 0 Å². The molecule has 1 aromatic rings. The zero-order valence-corrected chi connectivity index (χ0v) is 14.4. The number of carbonyl (C=O) groups excluding carboxylic acids is 1. The summed E-state index contributed by atoms with van der Waals surface area (Å²) >= 11 is 0. The van der Waals surface area contributed by atoms with E-state index < -0.39 is 15.0 Å². The van der Waals surface area contributed by atoms with Gasteiger partial charge in [0.2, 0.25) is 0 Å². The van der Waals surface area contributed by atoms with Gasteiger partial charge in [-0.3, -0.25) is 9.89 Å². The predicted octanol–water partition coefficient (Wildman–Crippen LogP) is 2.60. The number of nitrogens with one attached hydrogen (secondary N) is 2. The first-order valence-corrected chi connectivity index (χ1v) is 9.40. The van der Waals surface area contributed by atoms with Gasteiger partial charge in [-0.2, -0.15) is 5.10 Å². The number of aromatic nitrogens is 2. The van der Waals surface area contributed by atoms with Crippen molar-refractivity contribution in [1.82, 2.24) is 15.5 Å². The first kappa shape index (κ1) is 18.0. The van der Waals surface area contributed by atoms with Gasteiger partial charge in [-0.15, -0.1) is 0 Å². The average molecular weight is 336 g/mol. The minimum atomic E-state index is -4.04. The summed E-state index contributed by atoms with van der Waals surface area (Å²) in [6.45, 7) is 7.70. The Morgan fingerprint density at radius 3 is 2.14 bits per heavy atom. The molecule has 120 valence electrons. The molecule has 8 heteroatoms. The normalized spacial score (nSPS) is 12.4.